The number of rotatable bonds is 8. The fraction of sp³-hybridized carbons (Fsp3) is 0.261. The van der Waals surface area contributed by atoms with Gasteiger partial charge in [-0.1, -0.05) is 60.7 Å². The summed E-state index contributed by atoms with van der Waals surface area (Å²) in [5.74, 6) is 0.453. The van der Waals surface area contributed by atoms with Crippen LogP contribution in [-0.2, 0) is 24.3 Å². The van der Waals surface area contributed by atoms with E-state index in [0.29, 0.717) is 36.6 Å². The van der Waals surface area contributed by atoms with Crippen LogP contribution in [0, 0.1) is 13.8 Å². The van der Waals surface area contributed by atoms with E-state index >= 15 is 0 Å². The molecule has 3 aromatic rings. The average Bonchev–Trinajstić information content (AvgIpc) is 2.68. The Bertz CT molecular complexity index is 959. The van der Waals surface area contributed by atoms with Crippen molar-refractivity contribution in [2.75, 3.05) is 0 Å². The Hall–Kier alpha value is -3.25. The monoisotopic (exact) mass is 390 g/mol. The lowest BCUT2D eigenvalue weighted by atomic mass is 10.1. The van der Waals surface area contributed by atoms with Crippen molar-refractivity contribution in [1.29, 1.82) is 0 Å². The van der Waals surface area contributed by atoms with Crippen molar-refractivity contribution < 1.29 is 4.79 Å². The van der Waals surface area contributed by atoms with Gasteiger partial charge in [0.15, 0.2) is 0 Å². The molecule has 0 radical (unpaired) electrons. The van der Waals surface area contributed by atoms with Crippen molar-refractivity contribution in [3.05, 3.63) is 99.2 Å². The number of hydrogen-bond donors (Lipinski definition) is 2. The van der Waals surface area contributed by atoms with Crippen molar-refractivity contribution >= 4 is 5.91 Å². The Morgan fingerprint density at radius 3 is 2.03 bits per heavy atom. The smallest absolute Gasteiger partial charge is 0.254 e. The number of aromatic nitrogens is 2. The Kier molecular flexibility index (Phi) is 6.92. The van der Waals surface area contributed by atoms with E-state index in [1.54, 1.807) is 13.8 Å². The molecule has 0 saturated carbocycles. The van der Waals surface area contributed by atoms with Gasteiger partial charge in [0.25, 0.3) is 5.56 Å². The number of aromatic amines is 1. The van der Waals surface area contributed by atoms with Gasteiger partial charge in [-0.15, -0.1) is 0 Å². The Balaban J connectivity index is 1.66. The van der Waals surface area contributed by atoms with Gasteiger partial charge >= 0.3 is 0 Å². The van der Waals surface area contributed by atoms with E-state index in [-0.39, 0.29) is 17.9 Å². The third-order valence-corrected chi connectivity index (χ3v) is 4.66. The summed E-state index contributed by atoms with van der Waals surface area (Å²) in [5, 5.41) is 1.90. The molecule has 6 nitrogen and oxygen atoms in total. The largest absolute Gasteiger partial charge is 0.311 e. The normalized spacial score (nSPS) is 10.9. The summed E-state index contributed by atoms with van der Waals surface area (Å²) >= 11 is 0. The number of hydrazine groups is 1. The van der Waals surface area contributed by atoms with Gasteiger partial charge in [0.2, 0.25) is 5.91 Å². The zero-order chi connectivity index (χ0) is 20.6. The van der Waals surface area contributed by atoms with Crippen LogP contribution in [0.5, 0.6) is 0 Å². The van der Waals surface area contributed by atoms with E-state index in [1.807, 2.05) is 65.7 Å². The molecule has 2 aromatic carbocycles. The molecule has 6 heteroatoms. The quantitative estimate of drug-likeness (QED) is 0.580. The molecule has 0 atom stereocenters. The molecule has 1 heterocycles. The first kappa shape index (κ1) is 20.5. The van der Waals surface area contributed by atoms with Crippen molar-refractivity contribution in [3.8, 4) is 0 Å². The second-order valence-electron chi connectivity index (χ2n) is 7.08. The minimum Gasteiger partial charge on any atom is -0.311 e. The molecular formula is C23H26N4O2. The molecule has 2 N–H and O–H groups in total. The lowest BCUT2D eigenvalue weighted by Gasteiger charge is -2.23. The maximum atomic E-state index is 12.6. The molecule has 1 amide bonds. The number of benzene rings is 2. The lowest BCUT2D eigenvalue weighted by molar-refractivity contribution is -0.126. The number of H-pyrrole nitrogens is 1. The number of carbonyl (C=O) groups is 1. The molecule has 0 spiro atoms. The number of aryl methyl sites for hydroxylation is 2. The molecular weight excluding hydrogens is 364 g/mol. The van der Waals surface area contributed by atoms with Crippen LogP contribution in [0.2, 0.25) is 0 Å². The summed E-state index contributed by atoms with van der Waals surface area (Å²) in [6.45, 7) is 4.73. The second-order valence-corrected chi connectivity index (χ2v) is 7.08. The maximum Gasteiger partial charge on any atom is 0.254 e. The van der Waals surface area contributed by atoms with Crippen LogP contribution < -0.4 is 11.0 Å². The van der Waals surface area contributed by atoms with E-state index in [0.717, 1.165) is 11.1 Å². The van der Waals surface area contributed by atoms with Crippen molar-refractivity contribution in [2.45, 2.75) is 39.8 Å². The summed E-state index contributed by atoms with van der Waals surface area (Å²) in [6.07, 6.45) is 0.569. The summed E-state index contributed by atoms with van der Waals surface area (Å²) in [4.78, 5) is 31.7. The zero-order valence-electron chi connectivity index (χ0n) is 16.8. The minimum atomic E-state index is -0.173. The van der Waals surface area contributed by atoms with Crippen LogP contribution in [-0.4, -0.2) is 20.9 Å². The summed E-state index contributed by atoms with van der Waals surface area (Å²) in [5.41, 5.74) is 6.27. The number of carbonyl (C=O) groups excluding carboxylic acids is 1. The van der Waals surface area contributed by atoms with Crippen LogP contribution >= 0.6 is 0 Å². The number of hydrogen-bond acceptors (Lipinski definition) is 4. The summed E-state index contributed by atoms with van der Waals surface area (Å²) < 4.78 is 0. The van der Waals surface area contributed by atoms with E-state index in [2.05, 4.69) is 15.4 Å². The van der Waals surface area contributed by atoms with Crippen LogP contribution in [0.1, 0.15) is 34.6 Å². The van der Waals surface area contributed by atoms with Gasteiger partial charge in [0.1, 0.15) is 5.82 Å². The Labute approximate surface area is 170 Å². The summed E-state index contributed by atoms with van der Waals surface area (Å²) in [6, 6.07) is 20.0. The molecule has 150 valence electrons. The Morgan fingerprint density at radius 2 is 1.52 bits per heavy atom. The standard InChI is InChI=1S/C23H26N4O2/c1-17-21(23(29)25-18(2)24-17)13-14-22(28)26-27(15-19-9-5-3-6-10-19)16-20-11-7-4-8-12-20/h3-12H,13-16H2,1-2H3,(H,26,28)(H,24,25,29). The first-order valence-corrected chi connectivity index (χ1v) is 9.70. The molecule has 0 unspecified atom stereocenters. The third-order valence-electron chi connectivity index (χ3n) is 4.66. The van der Waals surface area contributed by atoms with Gasteiger partial charge in [0, 0.05) is 30.8 Å². The maximum absolute atomic E-state index is 12.6. The molecule has 0 fully saturated rings. The minimum absolute atomic E-state index is 0.128. The average molecular weight is 390 g/mol. The van der Waals surface area contributed by atoms with Gasteiger partial charge in [0.05, 0.1) is 0 Å². The van der Waals surface area contributed by atoms with Gasteiger partial charge in [-0.25, -0.2) is 9.99 Å². The molecule has 3 rings (SSSR count). The van der Waals surface area contributed by atoms with E-state index < -0.39 is 0 Å². The number of nitrogens with zero attached hydrogens (tertiary/aromatic N) is 2. The van der Waals surface area contributed by atoms with Gasteiger partial charge < -0.3 is 4.98 Å². The summed E-state index contributed by atoms with van der Waals surface area (Å²) in [7, 11) is 0. The van der Waals surface area contributed by atoms with Gasteiger partial charge in [-0.3, -0.25) is 15.0 Å². The third kappa shape index (κ3) is 6.12. The van der Waals surface area contributed by atoms with Crippen molar-refractivity contribution in [3.63, 3.8) is 0 Å². The predicted molar refractivity (Wildman–Crippen MR) is 113 cm³/mol. The highest BCUT2D eigenvalue weighted by molar-refractivity contribution is 5.75. The number of amides is 1. The first-order valence-electron chi connectivity index (χ1n) is 9.70. The van der Waals surface area contributed by atoms with Crippen LogP contribution in [0.25, 0.3) is 0 Å². The molecule has 0 aliphatic rings. The van der Waals surface area contributed by atoms with Gasteiger partial charge in [-0.2, -0.15) is 0 Å². The second kappa shape index (κ2) is 9.80. The number of nitrogens with one attached hydrogen (secondary N) is 2. The van der Waals surface area contributed by atoms with Crippen LogP contribution in [0.4, 0.5) is 0 Å². The first-order chi connectivity index (χ1) is 14.0. The van der Waals surface area contributed by atoms with Crippen molar-refractivity contribution in [2.24, 2.45) is 0 Å². The van der Waals surface area contributed by atoms with Crippen molar-refractivity contribution in [1.82, 2.24) is 20.4 Å². The highest BCUT2D eigenvalue weighted by atomic mass is 16.2. The molecule has 1 aromatic heterocycles. The van der Waals surface area contributed by atoms with Crippen LogP contribution in [0.15, 0.2) is 65.5 Å². The zero-order valence-corrected chi connectivity index (χ0v) is 16.8. The SMILES string of the molecule is Cc1nc(C)c(CCC(=O)NN(Cc2ccccc2)Cc2ccccc2)c(=O)[nH]1. The fourth-order valence-electron chi connectivity index (χ4n) is 3.26. The van der Waals surface area contributed by atoms with Gasteiger partial charge in [-0.05, 0) is 31.4 Å². The van der Waals surface area contributed by atoms with E-state index in [4.69, 9.17) is 0 Å². The van der Waals surface area contributed by atoms with E-state index in [9.17, 15) is 9.59 Å². The highest BCUT2D eigenvalue weighted by Gasteiger charge is 2.13. The lowest BCUT2D eigenvalue weighted by Crippen LogP contribution is -2.41. The highest BCUT2D eigenvalue weighted by Crippen LogP contribution is 2.09. The molecule has 0 saturated heterocycles. The molecule has 0 aliphatic carbocycles. The molecule has 29 heavy (non-hydrogen) atoms. The Morgan fingerprint density at radius 1 is 0.966 bits per heavy atom. The molecule has 0 aliphatic heterocycles. The molecule has 0 bridgehead atoms. The van der Waals surface area contributed by atoms with Crippen LogP contribution in [0.3, 0.4) is 0 Å². The fourth-order valence-corrected chi connectivity index (χ4v) is 3.26. The van der Waals surface area contributed by atoms with E-state index in [1.165, 1.54) is 0 Å². The topological polar surface area (TPSA) is 78.1 Å². The predicted octanol–water partition coefficient (Wildman–Crippen LogP) is 3.05.